The third kappa shape index (κ3) is 9.16. The SMILES string of the molecule is C=c1ccccc1=C.CC.CC.Cc1ccccc1C. The van der Waals surface area contributed by atoms with Crippen molar-refractivity contribution in [2.45, 2.75) is 41.5 Å². The van der Waals surface area contributed by atoms with Crippen molar-refractivity contribution in [2.24, 2.45) is 0 Å². The Morgan fingerprint density at radius 3 is 1.00 bits per heavy atom. The smallest absolute Gasteiger partial charge is 0.0262 e. The summed E-state index contributed by atoms with van der Waals surface area (Å²) >= 11 is 0. The van der Waals surface area contributed by atoms with Crippen LogP contribution in [0.1, 0.15) is 38.8 Å². The second-order valence-electron chi connectivity index (χ2n) is 3.85. The first kappa shape index (κ1) is 20.5. The van der Waals surface area contributed by atoms with Crippen molar-refractivity contribution in [1.82, 2.24) is 0 Å². The van der Waals surface area contributed by atoms with Gasteiger partial charge in [-0.05, 0) is 35.4 Å². The lowest BCUT2D eigenvalue weighted by atomic mass is 10.1. The van der Waals surface area contributed by atoms with E-state index in [1.807, 2.05) is 52.0 Å². The molecule has 0 radical (unpaired) electrons. The number of hydrogen-bond acceptors (Lipinski definition) is 0. The van der Waals surface area contributed by atoms with Crippen LogP contribution in [0.5, 0.6) is 0 Å². The molecule has 2 aromatic carbocycles. The van der Waals surface area contributed by atoms with Crippen molar-refractivity contribution in [3.8, 4) is 0 Å². The molecule has 0 saturated carbocycles. The highest BCUT2D eigenvalue weighted by atomic mass is 13.9. The lowest BCUT2D eigenvalue weighted by Gasteiger charge is -1.93. The molecule has 0 saturated heterocycles. The summed E-state index contributed by atoms with van der Waals surface area (Å²) in [4.78, 5) is 0. The van der Waals surface area contributed by atoms with Crippen LogP contribution in [-0.4, -0.2) is 0 Å². The van der Waals surface area contributed by atoms with Crippen molar-refractivity contribution in [3.05, 3.63) is 70.1 Å². The normalized spacial score (nSPS) is 7.90. The Kier molecular flexibility index (Phi) is 13.9. The maximum Gasteiger partial charge on any atom is -0.0262 e. The third-order valence-electron chi connectivity index (χ3n) is 2.54. The minimum absolute atomic E-state index is 1.01. The molecule has 0 spiro atoms. The van der Waals surface area contributed by atoms with E-state index in [0.29, 0.717) is 0 Å². The maximum absolute atomic E-state index is 3.76. The van der Waals surface area contributed by atoms with Gasteiger partial charge < -0.3 is 0 Å². The van der Waals surface area contributed by atoms with Crippen molar-refractivity contribution in [1.29, 1.82) is 0 Å². The predicted molar refractivity (Wildman–Crippen MR) is 95.3 cm³/mol. The molecule has 0 heteroatoms. The van der Waals surface area contributed by atoms with Gasteiger partial charge >= 0.3 is 0 Å². The van der Waals surface area contributed by atoms with Gasteiger partial charge in [-0.25, -0.2) is 0 Å². The highest BCUT2D eigenvalue weighted by molar-refractivity contribution is 5.23. The number of hydrogen-bond donors (Lipinski definition) is 0. The van der Waals surface area contributed by atoms with Gasteiger partial charge in [-0.1, -0.05) is 89.4 Å². The van der Waals surface area contributed by atoms with Gasteiger partial charge in [-0.3, -0.25) is 0 Å². The van der Waals surface area contributed by atoms with Gasteiger partial charge in [0.15, 0.2) is 0 Å². The fourth-order valence-corrected chi connectivity index (χ4v) is 1.22. The van der Waals surface area contributed by atoms with Gasteiger partial charge in [-0.2, -0.15) is 0 Å². The first-order valence-corrected chi connectivity index (χ1v) is 7.36. The molecule has 0 N–H and O–H groups in total. The molecule has 20 heavy (non-hydrogen) atoms. The highest BCUT2D eigenvalue weighted by Gasteiger charge is 1.83. The molecule has 2 aromatic rings. The van der Waals surface area contributed by atoms with Gasteiger partial charge in [0, 0.05) is 0 Å². The van der Waals surface area contributed by atoms with Crippen LogP contribution >= 0.6 is 0 Å². The van der Waals surface area contributed by atoms with Crippen molar-refractivity contribution in [3.63, 3.8) is 0 Å². The summed E-state index contributed by atoms with van der Waals surface area (Å²) in [6.45, 7) is 19.8. The zero-order valence-corrected chi connectivity index (χ0v) is 14.0. The Hall–Kier alpha value is -1.82. The lowest BCUT2D eigenvalue weighted by Crippen LogP contribution is -2.19. The van der Waals surface area contributed by atoms with E-state index in [0.717, 1.165) is 10.4 Å². The average molecular weight is 270 g/mol. The largest absolute Gasteiger partial charge is 0.0912 e. The molecule has 110 valence electrons. The van der Waals surface area contributed by atoms with Crippen LogP contribution in [-0.2, 0) is 0 Å². The molecule has 2 rings (SSSR count). The van der Waals surface area contributed by atoms with Crippen LogP contribution in [0.3, 0.4) is 0 Å². The molecular formula is C20H30. The minimum atomic E-state index is 1.01. The monoisotopic (exact) mass is 270 g/mol. The summed E-state index contributed by atoms with van der Waals surface area (Å²) < 4.78 is 0. The fourth-order valence-electron chi connectivity index (χ4n) is 1.22. The van der Waals surface area contributed by atoms with Gasteiger partial charge in [0.05, 0.1) is 0 Å². The molecule has 0 aliphatic heterocycles. The van der Waals surface area contributed by atoms with Crippen molar-refractivity contribution < 1.29 is 0 Å². The Bertz CT molecular complexity index is 488. The minimum Gasteiger partial charge on any atom is -0.0912 e. The number of rotatable bonds is 0. The zero-order valence-electron chi connectivity index (χ0n) is 14.0. The Morgan fingerprint density at radius 1 is 0.550 bits per heavy atom. The molecule has 0 bridgehead atoms. The van der Waals surface area contributed by atoms with Crippen LogP contribution in [0.25, 0.3) is 13.2 Å². The first-order valence-electron chi connectivity index (χ1n) is 7.36. The van der Waals surface area contributed by atoms with Crippen LogP contribution in [0, 0.1) is 13.8 Å². The van der Waals surface area contributed by atoms with E-state index in [9.17, 15) is 0 Å². The highest BCUT2D eigenvalue weighted by Crippen LogP contribution is 2.02. The third-order valence-corrected chi connectivity index (χ3v) is 2.54. The standard InChI is InChI=1S/C8H10.C8H8.2C2H6/c2*1-7-5-3-4-6-8(7)2;2*1-2/h3-6H,1-2H3;3-6H,1-2H2;2*1-2H3. The Balaban J connectivity index is 0. The van der Waals surface area contributed by atoms with E-state index in [-0.39, 0.29) is 0 Å². The number of aryl methyl sites for hydroxylation is 2. The topological polar surface area (TPSA) is 0 Å². The molecule has 0 nitrogen and oxygen atoms in total. The molecular weight excluding hydrogens is 240 g/mol. The molecule has 0 fully saturated rings. The van der Waals surface area contributed by atoms with E-state index in [1.165, 1.54) is 11.1 Å². The van der Waals surface area contributed by atoms with E-state index in [4.69, 9.17) is 0 Å². The molecule has 0 heterocycles. The summed E-state index contributed by atoms with van der Waals surface area (Å²) in [6.07, 6.45) is 0. The Morgan fingerprint density at radius 2 is 0.800 bits per heavy atom. The van der Waals surface area contributed by atoms with Crippen LogP contribution < -0.4 is 10.4 Å². The summed E-state index contributed by atoms with van der Waals surface area (Å²) in [5.74, 6) is 0. The maximum atomic E-state index is 3.76. The molecule has 0 aliphatic rings. The van der Waals surface area contributed by atoms with Gasteiger partial charge in [0.25, 0.3) is 0 Å². The molecule has 0 aliphatic carbocycles. The van der Waals surface area contributed by atoms with Crippen molar-refractivity contribution in [2.75, 3.05) is 0 Å². The first-order chi connectivity index (χ1) is 9.61. The molecule has 0 unspecified atom stereocenters. The van der Waals surface area contributed by atoms with Gasteiger partial charge in [0.2, 0.25) is 0 Å². The quantitative estimate of drug-likeness (QED) is 0.641. The Labute approximate surface area is 125 Å². The van der Waals surface area contributed by atoms with Crippen LogP contribution in [0.15, 0.2) is 48.5 Å². The zero-order chi connectivity index (χ0) is 16.0. The second kappa shape index (κ2) is 13.6. The molecule has 0 aromatic heterocycles. The summed E-state index contributed by atoms with van der Waals surface area (Å²) in [5.41, 5.74) is 2.74. The lowest BCUT2D eigenvalue weighted by molar-refractivity contribution is 1.34. The van der Waals surface area contributed by atoms with Crippen LogP contribution in [0.2, 0.25) is 0 Å². The van der Waals surface area contributed by atoms with Crippen molar-refractivity contribution >= 4 is 13.2 Å². The predicted octanol–water partition coefficient (Wildman–Crippen LogP) is 4.86. The molecule has 0 atom stereocenters. The van der Waals surface area contributed by atoms with E-state index in [2.05, 4.69) is 51.3 Å². The summed E-state index contributed by atoms with van der Waals surface area (Å²) in [6, 6.07) is 16.2. The summed E-state index contributed by atoms with van der Waals surface area (Å²) in [7, 11) is 0. The van der Waals surface area contributed by atoms with E-state index in [1.54, 1.807) is 0 Å². The van der Waals surface area contributed by atoms with Gasteiger partial charge in [-0.15, -0.1) is 0 Å². The summed E-state index contributed by atoms with van der Waals surface area (Å²) in [5, 5.41) is 2.01. The second-order valence-corrected chi connectivity index (χ2v) is 3.85. The van der Waals surface area contributed by atoms with E-state index < -0.39 is 0 Å². The number of benzene rings is 2. The molecule has 0 amide bonds. The van der Waals surface area contributed by atoms with Crippen LogP contribution in [0.4, 0.5) is 0 Å². The fraction of sp³-hybridized carbons (Fsp3) is 0.300. The van der Waals surface area contributed by atoms with E-state index >= 15 is 0 Å². The average Bonchev–Trinajstić information content (AvgIpc) is 2.50. The van der Waals surface area contributed by atoms with Gasteiger partial charge in [0.1, 0.15) is 0 Å².